The van der Waals surface area contributed by atoms with Crippen molar-refractivity contribution in [1.29, 1.82) is 0 Å². The van der Waals surface area contributed by atoms with Gasteiger partial charge in [-0.3, -0.25) is 19.7 Å². The minimum absolute atomic E-state index is 0.0185. The largest absolute Gasteiger partial charge is 0.514 e. The van der Waals surface area contributed by atoms with Crippen LogP contribution < -0.4 is 31.7 Å². The van der Waals surface area contributed by atoms with E-state index in [1.807, 2.05) is 0 Å². The molecule has 2 aromatic rings. The molecule has 51 heavy (non-hydrogen) atoms. The second-order valence-electron chi connectivity index (χ2n) is 12.4. The number of terminal acetylenes is 1. The normalized spacial score (nSPS) is 12.0. The summed E-state index contributed by atoms with van der Waals surface area (Å²) < 4.78 is 21.1. The van der Waals surface area contributed by atoms with E-state index in [1.54, 1.807) is 46.8 Å². The predicted octanol–water partition coefficient (Wildman–Crippen LogP) is 3.88. The summed E-state index contributed by atoms with van der Waals surface area (Å²) in [5.41, 5.74) is 5.45. The summed E-state index contributed by atoms with van der Waals surface area (Å²) in [5, 5.41) is 21.3. The Labute approximate surface area is 295 Å². The number of nitro benzene ring substituents is 1. The van der Waals surface area contributed by atoms with Crippen LogP contribution in [0.5, 0.6) is 5.75 Å². The maximum Gasteiger partial charge on any atom is 0.514 e. The Morgan fingerprint density at radius 1 is 0.980 bits per heavy atom. The zero-order valence-electron chi connectivity index (χ0n) is 29.1. The Morgan fingerprint density at radius 2 is 1.67 bits per heavy atom. The molecular weight excluding hydrogens is 668 g/mol. The summed E-state index contributed by atoms with van der Waals surface area (Å²) in [6.07, 6.45) is 3.80. The molecule has 0 radical (unpaired) electrons. The van der Waals surface area contributed by atoms with Gasteiger partial charge in [0.15, 0.2) is 0 Å². The number of carbonyl (C=O) groups is 5. The van der Waals surface area contributed by atoms with Gasteiger partial charge in [0.25, 0.3) is 5.69 Å². The molecular formula is C34H44N6O11. The molecule has 0 aliphatic heterocycles. The number of ether oxygens (including phenoxy) is 4. The van der Waals surface area contributed by atoms with E-state index in [-0.39, 0.29) is 56.6 Å². The van der Waals surface area contributed by atoms with Crippen LogP contribution in [0.15, 0.2) is 42.5 Å². The molecule has 17 heteroatoms. The van der Waals surface area contributed by atoms with Gasteiger partial charge in [0.2, 0.25) is 11.8 Å². The van der Waals surface area contributed by atoms with Crippen LogP contribution in [0.2, 0.25) is 0 Å². The Kier molecular flexibility index (Phi) is 16.1. The lowest BCUT2D eigenvalue weighted by Gasteiger charge is -2.27. The van der Waals surface area contributed by atoms with E-state index in [1.165, 1.54) is 30.3 Å². The number of hydrogen-bond donors (Lipinski definition) is 5. The van der Waals surface area contributed by atoms with Gasteiger partial charge < -0.3 is 45.9 Å². The van der Waals surface area contributed by atoms with Crippen LogP contribution in [0.3, 0.4) is 0 Å². The van der Waals surface area contributed by atoms with Gasteiger partial charge in [-0.05, 0) is 74.9 Å². The number of non-ortho nitro benzene ring substituents is 1. The molecule has 0 bridgehead atoms. The molecule has 0 spiro atoms. The second kappa shape index (κ2) is 19.9. The first-order valence-corrected chi connectivity index (χ1v) is 15.8. The molecule has 0 aromatic heterocycles. The lowest BCUT2D eigenvalue weighted by atomic mass is 10.0. The number of primary amides is 1. The third-order valence-electron chi connectivity index (χ3n) is 6.73. The molecule has 5 amide bonds. The Morgan fingerprint density at radius 3 is 2.25 bits per heavy atom. The van der Waals surface area contributed by atoms with Gasteiger partial charge in [0.1, 0.15) is 36.6 Å². The molecule has 2 rings (SSSR count). The Hall–Kier alpha value is -5.89. The summed E-state index contributed by atoms with van der Waals surface area (Å²) in [7, 11) is 0. The molecule has 2 atom stereocenters. The van der Waals surface area contributed by atoms with Gasteiger partial charge in [0.05, 0.1) is 11.5 Å². The smallest absolute Gasteiger partial charge is 0.444 e. The van der Waals surface area contributed by atoms with Crippen LogP contribution in [0.1, 0.15) is 58.6 Å². The van der Waals surface area contributed by atoms with Gasteiger partial charge in [0, 0.05) is 24.4 Å². The van der Waals surface area contributed by atoms with Crippen molar-refractivity contribution in [2.75, 3.05) is 18.5 Å². The van der Waals surface area contributed by atoms with E-state index in [4.69, 9.17) is 31.1 Å². The maximum atomic E-state index is 13.6. The fraction of sp³-hybridized carbons (Fsp3) is 0.441. The van der Waals surface area contributed by atoms with Crippen molar-refractivity contribution < 1.29 is 47.8 Å². The molecule has 6 N–H and O–H groups in total. The number of carbonyl (C=O) groups excluding carboxylic acids is 5. The van der Waals surface area contributed by atoms with E-state index >= 15 is 0 Å². The number of benzene rings is 2. The van der Waals surface area contributed by atoms with Crippen molar-refractivity contribution in [2.45, 2.75) is 78.4 Å². The molecule has 0 unspecified atom stereocenters. The van der Waals surface area contributed by atoms with Crippen LogP contribution in [0, 0.1) is 28.4 Å². The third kappa shape index (κ3) is 15.5. The molecule has 0 heterocycles. The molecule has 0 saturated heterocycles. The van der Waals surface area contributed by atoms with Crippen LogP contribution in [0.4, 0.5) is 25.8 Å². The molecule has 2 aromatic carbocycles. The van der Waals surface area contributed by atoms with Crippen LogP contribution >= 0.6 is 0 Å². The summed E-state index contributed by atoms with van der Waals surface area (Å²) >= 11 is 0. The summed E-state index contributed by atoms with van der Waals surface area (Å²) in [4.78, 5) is 73.1. The van der Waals surface area contributed by atoms with Crippen molar-refractivity contribution in [3.05, 3.63) is 63.7 Å². The average molecular weight is 713 g/mol. The summed E-state index contributed by atoms with van der Waals surface area (Å²) in [6, 6.07) is 6.65. The fourth-order valence-electron chi connectivity index (χ4n) is 4.34. The monoisotopic (exact) mass is 712 g/mol. The minimum atomic E-state index is -1.10. The molecule has 0 aliphatic carbocycles. The van der Waals surface area contributed by atoms with Gasteiger partial charge in [-0.1, -0.05) is 25.8 Å². The lowest BCUT2D eigenvalue weighted by Crippen LogP contribution is -2.55. The zero-order valence-corrected chi connectivity index (χ0v) is 29.1. The van der Waals surface area contributed by atoms with E-state index in [2.05, 4.69) is 27.2 Å². The molecule has 276 valence electrons. The summed E-state index contributed by atoms with van der Waals surface area (Å²) in [5.74, 6) is 0.781. The molecule has 0 aliphatic rings. The van der Waals surface area contributed by atoms with E-state index in [9.17, 15) is 34.1 Å². The first-order valence-electron chi connectivity index (χ1n) is 15.8. The van der Waals surface area contributed by atoms with Crippen molar-refractivity contribution in [3.8, 4) is 18.1 Å². The zero-order chi connectivity index (χ0) is 38.1. The number of rotatable bonds is 17. The fourth-order valence-corrected chi connectivity index (χ4v) is 4.34. The number of alkyl carbamates (subject to hydrolysis) is 1. The second-order valence-corrected chi connectivity index (χ2v) is 12.4. The van der Waals surface area contributed by atoms with Crippen LogP contribution in [-0.4, -0.2) is 65.9 Å². The molecule has 0 saturated carbocycles. The van der Waals surface area contributed by atoms with Crippen molar-refractivity contribution in [1.82, 2.24) is 16.0 Å². The number of nitro groups is 1. The van der Waals surface area contributed by atoms with Gasteiger partial charge in [-0.2, -0.15) is 0 Å². The summed E-state index contributed by atoms with van der Waals surface area (Å²) in [6.45, 7) is 8.32. The first-order chi connectivity index (χ1) is 24.0. The Bertz CT molecular complexity index is 1580. The van der Waals surface area contributed by atoms with Gasteiger partial charge in [-0.15, -0.1) is 6.42 Å². The van der Waals surface area contributed by atoms with Crippen LogP contribution in [-0.2, 0) is 37.0 Å². The highest BCUT2D eigenvalue weighted by Gasteiger charge is 2.30. The molecule has 17 nitrogen and oxygen atoms in total. The number of nitrogens with one attached hydrogen (secondary N) is 4. The average Bonchev–Trinajstić information content (AvgIpc) is 3.03. The quantitative estimate of drug-likeness (QED) is 0.0394. The van der Waals surface area contributed by atoms with Crippen molar-refractivity contribution in [2.24, 2.45) is 11.7 Å². The number of hydrogen-bond acceptors (Lipinski definition) is 11. The topological polar surface area (TPSA) is 240 Å². The van der Waals surface area contributed by atoms with E-state index < -0.39 is 52.7 Å². The van der Waals surface area contributed by atoms with Crippen molar-refractivity contribution >= 4 is 41.5 Å². The van der Waals surface area contributed by atoms with Gasteiger partial charge in [-0.25, -0.2) is 14.4 Å². The Balaban J connectivity index is 2.21. The van der Waals surface area contributed by atoms with E-state index in [0.29, 0.717) is 16.8 Å². The standard InChI is InChI=1S/C34H44N6O11/c1-7-17-48-19-23-18-24(11-10-22(23)20-49-33(45)50-26-14-12-25(13-15-26)40(46)47)37-29(41)27(9-8-16-36-31(35)43)38-30(42)28(21(2)3)39-32(44)51-34(4,5)6/h1,10-15,18,21,27-28H,8-9,16-17,19-20H2,2-6H3,(H,37,41)(H,38,42)(H,39,44)(H3,35,36,43)/t27-,28-/m0/s1. The highest BCUT2D eigenvalue weighted by Crippen LogP contribution is 2.21. The first kappa shape index (κ1) is 41.3. The minimum Gasteiger partial charge on any atom is -0.444 e. The maximum absolute atomic E-state index is 13.6. The number of anilines is 1. The highest BCUT2D eigenvalue weighted by atomic mass is 16.7. The third-order valence-corrected chi connectivity index (χ3v) is 6.73. The molecule has 0 fully saturated rings. The van der Waals surface area contributed by atoms with E-state index in [0.717, 1.165) is 0 Å². The highest BCUT2D eigenvalue weighted by molar-refractivity contribution is 5.98. The SMILES string of the molecule is C#CCOCc1cc(NC(=O)[C@H](CCCNC(N)=O)NC(=O)[C@@H](NC(=O)OC(C)(C)C)C(C)C)ccc1COC(=O)Oc1ccc([N+](=O)[O-])cc1. The number of amides is 5. The number of nitrogens with zero attached hydrogens (tertiary/aromatic N) is 1. The predicted molar refractivity (Wildman–Crippen MR) is 184 cm³/mol. The lowest BCUT2D eigenvalue weighted by molar-refractivity contribution is -0.384. The van der Waals surface area contributed by atoms with Gasteiger partial charge >= 0.3 is 18.3 Å². The number of nitrogens with two attached hydrogens (primary N) is 1. The number of urea groups is 1. The van der Waals surface area contributed by atoms with Crippen LogP contribution in [0.25, 0.3) is 0 Å². The van der Waals surface area contributed by atoms with Crippen molar-refractivity contribution in [3.63, 3.8) is 0 Å².